The van der Waals surface area contributed by atoms with Crippen LogP contribution in [0.2, 0.25) is 0 Å². The van der Waals surface area contributed by atoms with Crippen LogP contribution in [0.3, 0.4) is 0 Å². The van der Waals surface area contributed by atoms with Gasteiger partial charge in [-0.2, -0.15) is 0 Å². The highest BCUT2D eigenvalue weighted by molar-refractivity contribution is 6.11. The average molecular weight is 332 g/mol. The standard InChI is InChI=1S/C20H16N2O3/c1-12-18-15-9-14(25-11-13-5-3-2-4-6-13)7-8-16(15)22-17(18)10-21-19(12)20(23)24/h2-10,22H,11H2,1H3,(H,23,24). The Hall–Kier alpha value is -3.34. The maximum absolute atomic E-state index is 11.4. The SMILES string of the molecule is Cc1c(C(=O)O)ncc2[nH]c3ccc(OCc4ccccc4)cc3c12. The number of nitrogens with zero attached hydrogens (tertiary/aromatic N) is 1. The lowest BCUT2D eigenvalue weighted by Crippen LogP contribution is -2.03. The molecule has 4 aromatic rings. The lowest BCUT2D eigenvalue weighted by atomic mass is 10.1. The molecule has 2 N–H and O–H groups in total. The maximum Gasteiger partial charge on any atom is 0.354 e. The van der Waals surface area contributed by atoms with Gasteiger partial charge in [-0.3, -0.25) is 0 Å². The molecular formula is C20H16N2O3. The maximum atomic E-state index is 11.4. The summed E-state index contributed by atoms with van der Waals surface area (Å²) in [7, 11) is 0. The lowest BCUT2D eigenvalue weighted by Gasteiger charge is -2.07. The Bertz CT molecular complexity index is 1080. The van der Waals surface area contributed by atoms with E-state index in [1.54, 1.807) is 13.1 Å². The number of ether oxygens (including phenoxy) is 1. The van der Waals surface area contributed by atoms with Gasteiger partial charge in [-0.05, 0) is 36.2 Å². The monoisotopic (exact) mass is 332 g/mol. The van der Waals surface area contributed by atoms with Gasteiger partial charge in [0.05, 0.1) is 11.7 Å². The highest BCUT2D eigenvalue weighted by Crippen LogP contribution is 2.31. The third-order valence-corrected chi connectivity index (χ3v) is 4.30. The molecule has 0 atom stereocenters. The van der Waals surface area contributed by atoms with Crippen LogP contribution in [0.4, 0.5) is 0 Å². The Morgan fingerprint density at radius 3 is 2.72 bits per heavy atom. The van der Waals surface area contributed by atoms with Crippen LogP contribution in [0, 0.1) is 6.92 Å². The summed E-state index contributed by atoms with van der Waals surface area (Å²) in [6.45, 7) is 2.26. The van der Waals surface area contributed by atoms with Crippen LogP contribution in [-0.2, 0) is 6.61 Å². The first kappa shape index (κ1) is 15.2. The van der Waals surface area contributed by atoms with Crippen LogP contribution < -0.4 is 4.74 Å². The number of aromatic amines is 1. The van der Waals surface area contributed by atoms with Crippen LogP contribution in [0.5, 0.6) is 5.75 Å². The van der Waals surface area contributed by atoms with Crippen molar-refractivity contribution < 1.29 is 14.6 Å². The molecule has 0 aliphatic heterocycles. The fourth-order valence-corrected chi connectivity index (χ4v) is 3.08. The Morgan fingerprint density at radius 1 is 1.16 bits per heavy atom. The quantitative estimate of drug-likeness (QED) is 0.584. The molecular weight excluding hydrogens is 316 g/mol. The molecule has 0 fully saturated rings. The lowest BCUT2D eigenvalue weighted by molar-refractivity contribution is 0.0690. The van der Waals surface area contributed by atoms with Crippen molar-refractivity contribution in [1.29, 1.82) is 0 Å². The number of pyridine rings is 1. The summed E-state index contributed by atoms with van der Waals surface area (Å²) in [5.74, 6) is -0.282. The van der Waals surface area contributed by atoms with Gasteiger partial charge in [0.1, 0.15) is 12.4 Å². The number of aryl methyl sites for hydroxylation is 1. The van der Waals surface area contributed by atoms with E-state index >= 15 is 0 Å². The molecule has 0 radical (unpaired) electrons. The zero-order chi connectivity index (χ0) is 17.4. The van der Waals surface area contributed by atoms with Gasteiger partial charge < -0.3 is 14.8 Å². The van der Waals surface area contributed by atoms with E-state index in [2.05, 4.69) is 9.97 Å². The number of carboxylic acid groups (broad SMARTS) is 1. The molecule has 5 nitrogen and oxygen atoms in total. The summed E-state index contributed by atoms with van der Waals surface area (Å²) in [6.07, 6.45) is 1.57. The molecule has 2 aromatic heterocycles. The first-order chi connectivity index (χ1) is 12.1. The van der Waals surface area contributed by atoms with Crippen molar-refractivity contribution in [3.8, 4) is 5.75 Å². The minimum Gasteiger partial charge on any atom is -0.489 e. The number of hydrogen-bond donors (Lipinski definition) is 2. The second-order valence-corrected chi connectivity index (χ2v) is 5.93. The predicted octanol–water partition coefficient (Wildman–Crippen LogP) is 4.30. The highest BCUT2D eigenvalue weighted by Gasteiger charge is 2.15. The average Bonchev–Trinajstić information content (AvgIpc) is 2.99. The molecule has 0 saturated carbocycles. The third kappa shape index (κ3) is 2.70. The summed E-state index contributed by atoms with van der Waals surface area (Å²) in [5.41, 5.74) is 3.56. The van der Waals surface area contributed by atoms with Gasteiger partial charge >= 0.3 is 5.97 Å². The summed E-state index contributed by atoms with van der Waals surface area (Å²) in [5, 5.41) is 11.1. The van der Waals surface area contributed by atoms with E-state index in [0.717, 1.165) is 33.1 Å². The van der Waals surface area contributed by atoms with E-state index in [1.807, 2.05) is 48.5 Å². The van der Waals surface area contributed by atoms with Gasteiger partial charge in [-0.1, -0.05) is 30.3 Å². The number of carbonyl (C=O) groups is 1. The van der Waals surface area contributed by atoms with Crippen molar-refractivity contribution in [3.05, 3.63) is 71.5 Å². The van der Waals surface area contributed by atoms with E-state index in [9.17, 15) is 9.90 Å². The van der Waals surface area contributed by atoms with Crippen LogP contribution in [-0.4, -0.2) is 21.0 Å². The summed E-state index contributed by atoms with van der Waals surface area (Å²) in [4.78, 5) is 18.7. The van der Waals surface area contributed by atoms with E-state index in [-0.39, 0.29) is 5.69 Å². The molecule has 124 valence electrons. The molecule has 0 saturated heterocycles. The first-order valence-corrected chi connectivity index (χ1v) is 7.94. The molecule has 0 bridgehead atoms. The van der Waals surface area contributed by atoms with Crippen molar-refractivity contribution in [1.82, 2.24) is 9.97 Å². The number of carboxylic acids is 1. The van der Waals surface area contributed by atoms with Crippen molar-refractivity contribution in [2.45, 2.75) is 13.5 Å². The van der Waals surface area contributed by atoms with Crippen LogP contribution in [0.1, 0.15) is 21.6 Å². The smallest absolute Gasteiger partial charge is 0.354 e. The van der Waals surface area contributed by atoms with Gasteiger partial charge in [-0.25, -0.2) is 9.78 Å². The second-order valence-electron chi connectivity index (χ2n) is 5.93. The van der Waals surface area contributed by atoms with E-state index in [4.69, 9.17) is 4.74 Å². The number of rotatable bonds is 4. The number of hydrogen-bond acceptors (Lipinski definition) is 3. The normalized spacial score (nSPS) is 11.1. The van der Waals surface area contributed by atoms with Crippen molar-refractivity contribution in [3.63, 3.8) is 0 Å². The number of H-pyrrole nitrogens is 1. The molecule has 0 amide bonds. The molecule has 5 heteroatoms. The zero-order valence-electron chi connectivity index (χ0n) is 13.6. The number of fused-ring (bicyclic) bond motifs is 3. The van der Waals surface area contributed by atoms with Gasteiger partial charge in [-0.15, -0.1) is 0 Å². The van der Waals surface area contributed by atoms with E-state index < -0.39 is 5.97 Å². The predicted molar refractivity (Wildman–Crippen MR) is 96.1 cm³/mol. The zero-order valence-corrected chi connectivity index (χ0v) is 13.6. The molecule has 0 unspecified atom stereocenters. The van der Waals surface area contributed by atoms with Crippen molar-refractivity contribution in [2.24, 2.45) is 0 Å². The minimum atomic E-state index is -1.02. The first-order valence-electron chi connectivity index (χ1n) is 7.94. The van der Waals surface area contributed by atoms with Crippen LogP contribution >= 0.6 is 0 Å². The Morgan fingerprint density at radius 2 is 1.96 bits per heavy atom. The van der Waals surface area contributed by atoms with E-state index in [0.29, 0.717) is 12.2 Å². The Kier molecular flexibility index (Phi) is 3.61. The van der Waals surface area contributed by atoms with Gasteiger partial charge in [0.2, 0.25) is 0 Å². The topological polar surface area (TPSA) is 75.2 Å². The molecule has 0 aliphatic rings. The fraction of sp³-hybridized carbons (Fsp3) is 0.100. The van der Waals surface area contributed by atoms with Crippen LogP contribution in [0.25, 0.3) is 21.8 Å². The summed E-state index contributed by atoms with van der Waals surface area (Å²) < 4.78 is 5.89. The third-order valence-electron chi connectivity index (χ3n) is 4.30. The fourth-order valence-electron chi connectivity index (χ4n) is 3.08. The second kappa shape index (κ2) is 5.94. The van der Waals surface area contributed by atoms with Crippen molar-refractivity contribution >= 4 is 27.8 Å². The molecule has 2 aromatic carbocycles. The molecule has 2 heterocycles. The Labute approximate surface area is 143 Å². The summed E-state index contributed by atoms with van der Waals surface area (Å²) in [6, 6.07) is 15.7. The van der Waals surface area contributed by atoms with E-state index in [1.165, 1.54) is 0 Å². The molecule has 25 heavy (non-hydrogen) atoms. The highest BCUT2D eigenvalue weighted by atomic mass is 16.5. The van der Waals surface area contributed by atoms with Gasteiger partial charge in [0.15, 0.2) is 5.69 Å². The van der Waals surface area contributed by atoms with Gasteiger partial charge in [0.25, 0.3) is 0 Å². The Balaban J connectivity index is 1.77. The number of aromatic nitrogens is 2. The largest absolute Gasteiger partial charge is 0.489 e. The summed E-state index contributed by atoms with van der Waals surface area (Å²) >= 11 is 0. The molecule has 4 rings (SSSR count). The molecule has 0 aliphatic carbocycles. The minimum absolute atomic E-state index is 0.0732. The number of nitrogens with one attached hydrogen (secondary N) is 1. The molecule has 0 spiro atoms. The van der Waals surface area contributed by atoms with Crippen molar-refractivity contribution in [2.75, 3.05) is 0 Å². The van der Waals surface area contributed by atoms with Crippen LogP contribution in [0.15, 0.2) is 54.7 Å². The number of benzene rings is 2. The van der Waals surface area contributed by atoms with Gasteiger partial charge in [0, 0.05) is 16.3 Å². The number of aromatic carboxylic acids is 1.